The van der Waals surface area contributed by atoms with Gasteiger partial charge < -0.3 is 5.11 Å². The standard InChI is InChI=1S/C15H22O2/c1-8-4-5-11-14(15(11,3)7-16)13-9(2)12(17)6-10(8)13/h8,10-11,14,16H,4-7H2,1-3H3/t8-,10-,11-,14-,15+/m1/s1. The van der Waals surface area contributed by atoms with E-state index in [0.717, 1.165) is 12.0 Å². The first-order valence-electron chi connectivity index (χ1n) is 6.85. The monoisotopic (exact) mass is 234 g/mol. The quantitative estimate of drug-likeness (QED) is 0.757. The van der Waals surface area contributed by atoms with Crippen LogP contribution in [0.5, 0.6) is 0 Å². The fourth-order valence-corrected chi connectivity index (χ4v) is 4.46. The van der Waals surface area contributed by atoms with Crippen molar-refractivity contribution in [3.05, 3.63) is 11.1 Å². The average Bonchev–Trinajstić information content (AvgIpc) is 2.83. The molecule has 0 unspecified atom stereocenters. The summed E-state index contributed by atoms with van der Waals surface area (Å²) in [5.41, 5.74) is 2.51. The highest BCUT2D eigenvalue weighted by molar-refractivity contribution is 5.99. The lowest BCUT2D eigenvalue weighted by molar-refractivity contribution is -0.115. The molecule has 5 atom stereocenters. The summed E-state index contributed by atoms with van der Waals surface area (Å²) in [6, 6.07) is 0. The highest BCUT2D eigenvalue weighted by atomic mass is 16.3. The van der Waals surface area contributed by atoms with E-state index in [4.69, 9.17) is 0 Å². The second kappa shape index (κ2) is 3.44. The number of fused-ring (bicyclic) bond motifs is 3. The Labute approximate surface area is 103 Å². The van der Waals surface area contributed by atoms with E-state index in [1.165, 1.54) is 18.4 Å². The van der Waals surface area contributed by atoms with Crippen molar-refractivity contribution in [3.63, 3.8) is 0 Å². The lowest BCUT2D eigenvalue weighted by Crippen LogP contribution is -2.16. The minimum atomic E-state index is 0.0691. The van der Waals surface area contributed by atoms with Crippen molar-refractivity contribution in [3.8, 4) is 0 Å². The molecule has 17 heavy (non-hydrogen) atoms. The summed E-state index contributed by atoms with van der Waals surface area (Å²) < 4.78 is 0. The average molecular weight is 234 g/mol. The maximum Gasteiger partial charge on any atom is 0.159 e. The van der Waals surface area contributed by atoms with Crippen LogP contribution in [0.15, 0.2) is 11.1 Å². The third-order valence-corrected chi connectivity index (χ3v) is 5.80. The van der Waals surface area contributed by atoms with Gasteiger partial charge in [-0.05, 0) is 49.0 Å². The van der Waals surface area contributed by atoms with Crippen molar-refractivity contribution in [1.29, 1.82) is 0 Å². The van der Waals surface area contributed by atoms with Gasteiger partial charge in [0, 0.05) is 18.4 Å². The Hall–Kier alpha value is -0.630. The lowest BCUT2D eigenvalue weighted by atomic mass is 9.82. The number of ketones is 1. The second-order valence-electron chi connectivity index (χ2n) is 6.62. The zero-order chi connectivity index (χ0) is 12.4. The smallest absolute Gasteiger partial charge is 0.159 e. The van der Waals surface area contributed by atoms with Gasteiger partial charge in [0.1, 0.15) is 0 Å². The van der Waals surface area contributed by atoms with Crippen LogP contribution < -0.4 is 0 Å². The van der Waals surface area contributed by atoms with Crippen LogP contribution in [0.25, 0.3) is 0 Å². The van der Waals surface area contributed by atoms with Crippen LogP contribution >= 0.6 is 0 Å². The molecule has 1 N–H and O–H groups in total. The second-order valence-corrected chi connectivity index (χ2v) is 6.62. The topological polar surface area (TPSA) is 37.3 Å². The van der Waals surface area contributed by atoms with E-state index in [2.05, 4.69) is 13.8 Å². The fourth-order valence-electron chi connectivity index (χ4n) is 4.46. The number of rotatable bonds is 1. The first kappa shape index (κ1) is 11.5. The molecule has 0 radical (unpaired) electrons. The largest absolute Gasteiger partial charge is 0.396 e. The molecule has 2 saturated carbocycles. The third-order valence-electron chi connectivity index (χ3n) is 5.80. The van der Waals surface area contributed by atoms with E-state index in [-0.39, 0.29) is 12.0 Å². The maximum absolute atomic E-state index is 11.9. The van der Waals surface area contributed by atoms with Crippen molar-refractivity contribution < 1.29 is 9.90 Å². The molecular weight excluding hydrogens is 212 g/mol. The van der Waals surface area contributed by atoms with Crippen LogP contribution in [-0.4, -0.2) is 17.5 Å². The Morgan fingerprint density at radius 1 is 1.41 bits per heavy atom. The van der Waals surface area contributed by atoms with Gasteiger partial charge in [-0.2, -0.15) is 0 Å². The number of allylic oxidation sites excluding steroid dienone is 2. The van der Waals surface area contributed by atoms with Gasteiger partial charge in [0.2, 0.25) is 0 Å². The van der Waals surface area contributed by atoms with Crippen molar-refractivity contribution in [2.75, 3.05) is 6.61 Å². The molecule has 0 saturated heterocycles. The summed E-state index contributed by atoms with van der Waals surface area (Å²) in [4.78, 5) is 11.9. The number of carbonyl (C=O) groups excluding carboxylic acids is 1. The maximum atomic E-state index is 11.9. The Bertz CT molecular complexity index is 409. The van der Waals surface area contributed by atoms with Gasteiger partial charge in [0.05, 0.1) is 0 Å². The molecule has 2 nitrogen and oxygen atoms in total. The summed E-state index contributed by atoms with van der Waals surface area (Å²) >= 11 is 0. The Kier molecular flexibility index (Phi) is 2.32. The molecule has 3 aliphatic rings. The molecule has 0 aromatic rings. The molecular formula is C15H22O2. The Morgan fingerprint density at radius 2 is 2.12 bits per heavy atom. The predicted octanol–water partition coefficient (Wildman–Crippen LogP) is 2.57. The molecule has 94 valence electrons. The fraction of sp³-hybridized carbons (Fsp3) is 0.800. The van der Waals surface area contributed by atoms with Gasteiger partial charge >= 0.3 is 0 Å². The van der Waals surface area contributed by atoms with Crippen molar-refractivity contribution in [2.45, 2.75) is 40.0 Å². The molecule has 2 heteroatoms. The van der Waals surface area contributed by atoms with Gasteiger partial charge in [0.25, 0.3) is 0 Å². The molecule has 3 aliphatic carbocycles. The van der Waals surface area contributed by atoms with Crippen LogP contribution in [0.2, 0.25) is 0 Å². The molecule has 2 fully saturated rings. The lowest BCUT2D eigenvalue weighted by Gasteiger charge is -2.23. The molecule has 0 heterocycles. The molecule has 0 aromatic heterocycles. The highest BCUT2D eigenvalue weighted by Gasteiger charge is 2.65. The Balaban J connectivity index is 2.03. The molecule has 0 aromatic carbocycles. The number of carbonyl (C=O) groups is 1. The number of Topliss-reactive ketones (excluding diaryl/α,β-unsaturated/α-hetero) is 1. The summed E-state index contributed by atoms with van der Waals surface area (Å²) in [6.07, 6.45) is 3.17. The minimum Gasteiger partial charge on any atom is -0.396 e. The van der Waals surface area contributed by atoms with Crippen LogP contribution in [0, 0.1) is 29.1 Å². The summed E-state index contributed by atoms with van der Waals surface area (Å²) in [5.74, 6) is 2.59. The molecule has 0 bridgehead atoms. The van der Waals surface area contributed by atoms with Crippen molar-refractivity contribution >= 4 is 5.78 Å². The van der Waals surface area contributed by atoms with E-state index in [9.17, 15) is 9.90 Å². The molecule has 0 aliphatic heterocycles. The van der Waals surface area contributed by atoms with Gasteiger partial charge in [-0.15, -0.1) is 0 Å². The molecule has 0 amide bonds. The van der Waals surface area contributed by atoms with E-state index in [1.807, 2.05) is 6.92 Å². The van der Waals surface area contributed by atoms with Gasteiger partial charge in [-0.1, -0.05) is 19.4 Å². The zero-order valence-electron chi connectivity index (χ0n) is 11.0. The summed E-state index contributed by atoms with van der Waals surface area (Å²) in [7, 11) is 0. The zero-order valence-corrected chi connectivity index (χ0v) is 11.0. The van der Waals surface area contributed by atoms with E-state index in [0.29, 0.717) is 29.5 Å². The normalized spacial score (nSPS) is 48.8. The first-order chi connectivity index (χ1) is 8.00. The van der Waals surface area contributed by atoms with Crippen LogP contribution in [-0.2, 0) is 4.79 Å². The van der Waals surface area contributed by atoms with E-state index >= 15 is 0 Å². The van der Waals surface area contributed by atoms with Gasteiger partial charge in [0.15, 0.2) is 5.78 Å². The third kappa shape index (κ3) is 1.33. The van der Waals surface area contributed by atoms with Crippen molar-refractivity contribution in [2.24, 2.45) is 29.1 Å². The van der Waals surface area contributed by atoms with Gasteiger partial charge in [-0.3, -0.25) is 4.79 Å². The number of hydrogen-bond donors (Lipinski definition) is 1. The van der Waals surface area contributed by atoms with Crippen molar-refractivity contribution in [1.82, 2.24) is 0 Å². The summed E-state index contributed by atoms with van der Waals surface area (Å²) in [5, 5.41) is 9.62. The number of aliphatic hydroxyl groups is 1. The molecule has 0 spiro atoms. The first-order valence-corrected chi connectivity index (χ1v) is 6.85. The molecule has 3 rings (SSSR count). The minimum absolute atomic E-state index is 0.0691. The SMILES string of the molecule is CC1=C2[C@H](CC1=O)[C@H](C)CC[C@@H]1[C@H]2[C@@]1(C)CO. The number of aliphatic hydroxyl groups excluding tert-OH is 1. The van der Waals surface area contributed by atoms with E-state index < -0.39 is 0 Å². The summed E-state index contributed by atoms with van der Waals surface area (Å²) in [6.45, 7) is 6.76. The van der Waals surface area contributed by atoms with Crippen LogP contribution in [0.3, 0.4) is 0 Å². The predicted molar refractivity (Wildman–Crippen MR) is 66.4 cm³/mol. The Morgan fingerprint density at radius 3 is 2.76 bits per heavy atom. The van der Waals surface area contributed by atoms with E-state index in [1.54, 1.807) is 0 Å². The van der Waals surface area contributed by atoms with Crippen LogP contribution in [0.1, 0.15) is 40.0 Å². The van der Waals surface area contributed by atoms with Gasteiger partial charge in [-0.25, -0.2) is 0 Å². The van der Waals surface area contributed by atoms with Crippen LogP contribution in [0.4, 0.5) is 0 Å². The number of hydrogen-bond acceptors (Lipinski definition) is 2. The highest BCUT2D eigenvalue weighted by Crippen LogP contribution is 2.68.